The Morgan fingerprint density at radius 2 is 1.79 bits per heavy atom. The molecule has 4 rings (SSSR count). The van der Waals surface area contributed by atoms with Gasteiger partial charge < -0.3 is 15.0 Å². The van der Waals surface area contributed by atoms with E-state index in [0.717, 1.165) is 37.6 Å². The van der Waals surface area contributed by atoms with E-state index in [1.165, 1.54) is 7.11 Å². The van der Waals surface area contributed by atoms with Crippen LogP contribution in [0.3, 0.4) is 0 Å². The molecule has 2 aromatic carbocycles. The zero-order valence-corrected chi connectivity index (χ0v) is 18.3. The number of nitrogens with zero attached hydrogens (tertiary/aromatic N) is 4. The molecule has 1 N–H and O–H groups in total. The standard InChI is InChI=1S/C24H25N5O4/c1-33-22-9-5-3-7-20(22)24(30)26-19-10-11-23(25-16-19)28-14-12-27(13-15-28)17-18-6-2-4-8-21(18)29(31)32/h2-11,16H,12-15,17H2,1H3,(H,26,30). The summed E-state index contributed by atoms with van der Waals surface area (Å²) in [5.41, 5.74) is 1.94. The Bertz CT molecular complexity index is 1130. The number of carbonyl (C=O) groups excluding carboxylic acids is 1. The second-order valence-electron chi connectivity index (χ2n) is 7.71. The lowest BCUT2D eigenvalue weighted by Crippen LogP contribution is -2.46. The SMILES string of the molecule is COc1ccccc1C(=O)Nc1ccc(N2CCN(Cc3ccccc3[N+](=O)[O-])CC2)nc1. The van der Waals surface area contributed by atoms with Crippen molar-refractivity contribution in [1.29, 1.82) is 0 Å². The lowest BCUT2D eigenvalue weighted by Gasteiger charge is -2.35. The van der Waals surface area contributed by atoms with E-state index in [0.29, 0.717) is 23.5 Å². The molecule has 9 nitrogen and oxygen atoms in total. The van der Waals surface area contributed by atoms with E-state index < -0.39 is 0 Å². The lowest BCUT2D eigenvalue weighted by molar-refractivity contribution is -0.385. The number of piperazine rings is 1. The molecule has 1 aliphatic rings. The number of para-hydroxylation sites is 2. The Morgan fingerprint density at radius 1 is 1.06 bits per heavy atom. The first-order chi connectivity index (χ1) is 16.0. The number of nitro groups is 1. The summed E-state index contributed by atoms with van der Waals surface area (Å²) in [7, 11) is 1.53. The molecule has 0 unspecified atom stereocenters. The van der Waals surface area contributed by atoms with Crippen LogP contribution in [0.15, 0.2) is 66.9 Å². The molecule has 1 saturated heterocycles. The molecule has 9 heteroatoms. The minimum atomic E-state index is -0.330. The van der Waals surface area contributed by atoms with Gasteiger partial charge in [0, 0.05) is 44.4 Å². The van der Waals surface area contributed by atoms with Crippen LogP contribution in [0.1, 0.15) is 15.9 Å². The van der Waals surface area contributed by atoms with Gasteiger partial charge in [-0.15, -0.1) is 0 Å². The molecule has 33 heavy (non-hydrogen) atoms. The third-order valence-corrected chi connectivity index (χ3v) is 5.64. The molecule has 1 aromatic heterocycles. The highest BCUT2D eigenvalue weighted by Crippen LogP contribution is 2.23. The van der Waals surface area contributed by atoms with Crippen molar-refractivity contribution >= 4 is 23.1 Å². The van der Waals surface area contributed by atoms with Crippen LogP contribution in [0.4, 0.5) is 17.2 Å². The Kier molecular flexibility index (Phi) is 6.80. The summed E-state index contributed by atoms with van der Waals surface area (Å²) in [4.78, 5) is 32.4. The number of amides is 1. The number of aromatic nitrogens is 1. The van der Waals surface area contributed by atoms with Gasteiger partial charge in [-0.05, 0) is 24.3 Å². The van der Waals surface area contributed by atoms with Gasteiger partial charge in [0.1, 0.15) is 11.6 Å². The molecule has 0 saturated carbocycles. The average molecular weight is 447 g/mol. The summed E-state index contributed by atoms with van der Waals surface area (Å²) in [5.74, 6) is 1.08. The maximum atomic E-state index is 12.6. The smallest absolute Gasteiger partial charge is 0.273 e. The average Bonchev–Trinajstić information content (AvgIpc) is 2.85. The molecule has 0 atom stereocenters. The third-order valence-electron chi connectivity index (χ3n) is 5.64. The predicted octanol–water partition coefficient (Wildman–Crippen LogP) is 3.57. The van der Waals surface area contributed by atoms with Crippen molar-refractivity contribution in [3.63, 3.8) is 0 Å². The van der Waals surface area contributed by atoms with E-state index in [1.54, 1.807) is 36.5 Å². The fourth-order valence-electron chi connectivity index (χ4n) is 3.88. The molecular weight excluding hydrogens is 422 g/mol. The molecular formula is C24H25N5O4. The van der Waals surface area contributed by atoms with Crippen molar-refractivity contribution in [2.75, 3.05) is 43.5 Å². The van der Waals surface area contributed by atoms with Gasteiger partial charge in [-0.3, -0.25) is 19.8 Å². The maximum absolute atomic E-state index is 12.6. The summed E-state index contributed by atoms with van der Waals surface area (Å²) in [6, 6.07) is 17.6. The predicted molar refractivity (Wildman–Crippen MR) is 126 cm³/mol. The molecule has 170 valence electrons. The van der Waals surface area contributed by atoms with Crippen LogP contribution in [0.25, 0.3) is 0 Å². The summed E-state index contributed by atoms with van der Waals surface area (Å²) < 4.78 is 5.25. The monoisotopic (exact) mass is 447 g/mol. The van der Waals surface area contributed by atoms with Crippen molar-refractivity contribution in [2.45, 2.75) is 6.54 Å². The number of carbonyl (C=O) groups is 1. The van der Waals surface area contributed by atoms with Crippen LogP contribution in [-0.4, -0.2) is 54.0 Å². The van der Waals surface area contributed by atoms with E-state index in [-0.39, 0.29) is 16.5 Å². The number of anilines is 2. The first kappa shape index (κ1) is 22.2. The molecule has 0 aliphatic carbocycles. The maximum Gasteiger partial charge on any atom is 0.273 e. The van der Waals surface area contributed by atoms with Crippen molar-refractivity contribution in [1.82, 2.24) is 9.88 Å². The van der Waals surface area contributed by atoms with Gasteiger partial charge in [0.15, 0.2) is 0 Å². The number of hydrogen-bond acceptors (Lipinski definition) is 7. The van der Waals surface area contributed by atoms with Gasteiger partial charge in [0.05, 0.1) is 29.5 Å². The van der Waals surface area contributed by atoms with Crippen LogP contribution in [0.2, 0.25) is 0 Å². The van der Waals surface area contributed by atoms with Crippen LogP contribution in [0.5, 0.6) is 5.75 Å². The van der Waals surface area contributed by atoms with Crippen LogP contribution >= 0.6 is 0 Å². The summed E-state index contributed by atoms with van der Waals surface area (Å²) in [5, 5.41) is 14.1. The van der Waals surface area contributed by atoms with Gasteiger partial charge in [-0.25, -0.2) is 4.98 Å². The number of nitrogens with one attached hydrogen (secondary N) is 1. The second-order valence-corrected chi connectivity index (χ2v) is 7.71. The number of rotatable bonds is 7. The topological polar surface area (TPSA) is 101 Å². The Labute approximate surface area is 191 Å². The van der Waals surface area contributed by atoms with Crippen molar-refractivity contribution in [2.24, 2.45) is 0 Å². The van der Waals surface area contributed by atoms with Crippen molar-refractivity contribution < 1.29 is 14.5 Å². The van der Waals surface area contributed by atoms with Crippen molar-refractivity contribution in [3.8, 4) is 5.75 Å². The zero-order valence-electron chi connectivity index (χ0n) is 18.3. The van der Waals surface area contributed by atoms with Gasteiger partial charge >= 0.3 is 0 Å². The quantitative estimate of drug-likeness (QED) is 0.436. The minimum Gasteiger partial charge on any atom is -0.496 e. The van der Waals surface area contributed by atoms with Gasteiger partial charge in [-0.1, -0.05) is 30.3 Å². The highest BCUT2D eigenvalue weighted by atomic mass is 16.6. The summed E-state index contributed by atoms with van der Waals surface area (Å²) >= 11 is 0. The molecule has 2 heterocycles. The van der Waals surface area contributed by atoms with Crippen LogP contribution < -0.4 is 15.0 Å². The van der Waals surface area contributed by atoms with E-state index in [1.807, 2.05) is 30.3 Å². The highest BCUT2D eigenvalue weighted by molar-refractivity contribution is 6.06. The number of benzene rings is 2. The van der Waals surface area contributed by atoms with Crippen LogP contribution in [0, 0.1) is 10.1 Å². The number of ether oxygens (including phenoxy) is 1. The molecule has 3 aromatic rings. The molecule has 0 bridgehead atoms. The number of nitro benzene ring substituents is 1. The van der Waals surface area contributed by atoms with Gasteiger partial charge in [0.25, 0.3) is 11.6 Å². The van der Waals surface area contributed by atoms with E-state index >= 15 is 0 Å². The largest absolute Gasteiger partial charge is 0.496 e. The summed E-state index contributed by atoms with van der Waals surface area (Å²) in [6.07, 6.45) is 1.64. The number of hydrogen-bond donors (Lipinski definition) is 1. The lowest BCUT2D eigenvalue weighted by atomic mass is 10.1. The zero-order chi connectivity index (χ0) is 23.2. The minimum absolute atomic E-state index is 0.160. The fraction of sp³-hybridized carbons (Fsp3) is 0.250. The molecule has 1 fully saturated rings. The molecule has 0 radical (unpaired) electrons. The molecule has 1 amide bonds. The van der Waals surface area contributed by atoms with Crippen LogP contribution in [-0.2, 0) is 6.54 Å². The Hall–Kier alpha value is -3.98. The summed E-state index contributed by atoms with van der Waals surface area (Å²) in [6.45, 7) is 3.63. The normalized spacial score (nSPS) is 14.0. The number of methoxy groups -OCH3 is 1. The van der Waals surface area contributed by atoms with E-state index in [2.05, 4.69) is 20.1 Å². The Balaban J connectivity index is 1.33. The first-order valence-electron chi connectivity index (χ1n) is 10.6. The highest BCUT2D eigenvalue weighted by Gasteiger charge is 2.21. The second kappa shape index (κ2) is 10.1. The van der Waals surface area contributed by atoms with Gasteiger partial charge in [-0.2, -0.15) is 0 Å². The third kappa shape index (κ3) is 5.27. The van der Waals surface area contributed by atoms with E-state index in [4.69, 9.17) is 4.74 Å². The number of pyridine rings is 1. The van der Waals surface area contributed by atoms with Crippen molar-refractivity contribution in [3.05, 3.63) is 88.1 Å². The molecule has 0 spiro atoms. The fourth-order valence-corrected chi connectivity index (χ4v) is 3.88. The first-order valence-corrected chi connectivity index (χ1v) is 10.6. The molecule has 1 aliphatic heterocycles. The Morgan fingerprint density at radius 3 is 2.48 bits per heavy atom. The van der Waals surface area contributed by atoms with E-state index in [9.17, 15) is 14.9 Å². The van der Waals surface area contributed by atoms with Gasteiger partial charge in [0.2, 0.25) is 0 Å².